The molecule has 0 aliphatic heterocycles. The van der Waals surface area contributed by atoms with E-state index in [9.17, 15) is 5.11 Å². The molecule has 0 amide bonds. The Bertz CT molecular complexity index is 791. The Labute approximate surface area is 161 Å². The summed E-state index contributed by atoms with van der Waals surface area (Å²) in [7, 11) is 1.48. The molecule has 3 nitrogen and oxygen atoms in total. The summed E-state index contributed by atoms with van der Waals surface area (Å²) in [6.07, 6.45) is 1.77. The van der Waals surface area contributed by atoms with Crippen molar-refractivity contribution in [1.29, 1.82) is 0 Å². The first-order chi connectivity index (χ1) is 13.3. The van der Waals surface area contributed by atoms with Crippen LogP contribution in [-0.4, -0.2) is 17.1 Å². The molecule has 0 bridgehead atoms. The Hall–Kier alpha value is -3.04. The van der Waals surface area contributed by atoms with E-state index in [4.69, 9.17) is 4.74 Å². The quantitative estimate of drug-likeness (QED) is 0.541. The predicted molar refractivity (Wildman–Crippen MR) is 109 cm³/mol. The zero-order valence-corrected chi connectivity index (χ0v) is 15.5. The van der Waals surface area contributed by atoms with Crippen LogP contribution in [0.5, 0.6) is 0 Å². The predicted octanol–water partition coefficient (Wildman–Crippen LogP) is 5.48. The third kappa shape index (κ3) is 5.47. The zero-order valence-electron chi connectivity index (χ0n) is 15.5. The lowest BCUT2D eigenvalue weighted by atomic mass is 10.0. The van der Waals surface area contributed by atoms with E-state index in [0.29, 0.717) is 0 Å². The highest BCUT2D eigenvalue weighted by Crippen LogP contribution is 2.27. The summed E-state index contributed by atoms with van der Waals surface area (Å²) in [5.74, 6) is -0.0741. The first-order valence-corrected chi connectivity index (χ1v) is 9.08. The molecule has 3 heteroatoms. The van der Waals surface area contributed by atoms with E-state index in [1.807, 2.05) is 30.3 Å². The highest BCUT2D eigenvalue weighted by Gasteiger charge is 2.20. The van der Waals surface area contributed by atoms with Crippen LogP contribution in [0.1, 0.15) is 22.7 Å². The van der Waals surface area contributed by atoms with E-state index in [0.717, 1.165) is 18.7 Å². The molecule has 3 aromatic rings. The van der Waals surface area contributed by atoms with E-state index in [2.05, 4.69) is 65.6 Å². The third-order valence-electron chi connectivity index (χ3n) is 4.50. The summed E-state index contributed by atoms with van der Waals surface area (Å²) in [5, 5.41) is 10.1. The van der Waals surface area contributed by atoms with Gasteiger partial charge in [-0.15, -0.1) is 0 Å². The summed E-state index contributed by atoms with van der Waals surface area (Å²) in [4.78, 5) is 2.33. The summed E-state index contributed by atoms with van der Waals surface area (Å²) >= 11 is 0. The molecule has 3 aromatic carbocycles. The average molecular weight is 359 g/mol. The van der Waals surface area contributed by atoms with E-state index >= 15 is 0 Å². The molecule has 0 aliphatic rings. The number of aliphatic hydroxyl groups is 1. The second-order valence-electron chi connectivity index (χ2n) is 6.44. The van der Waals surface area contributed by atoms with Crippen LogP contribution in [0.4, 0.5) is 0 Å². The normalized spacial score (nSPS) is 12.7. The molecular formula is C24H25NO2. The van der Waals surface area contributed by atoms with Crippen molar-refractivity contribution < 1.29 is 9.84 Å². The van der Waals surface area contributed by atoms with Crippen LogP contribution in [0, 0.1) is 0 Å². The minimum atomic E-state index is -0.119. The summed E-state index contributed by atoms with van der Waals surface area (Å²) in [6.45, 7) is 1.51. The van der Waals surface area contributed by atoms with Crippen LogP contribution in [0.2, 0.25) is 0 Å². The molecule has 0 saturated carbocycles. The first-order valence-electron chi connectivity index (χ1n) is 9.08. The largest absolute Gasteiger partial charge is 0.481 e. The maximum Gasteiger partial charge on any atom is 0.274 e. The number of hydrogen-bond acceptors (Lipinski definition) is 3. The van der Waals surface area contributed by atoms with Gasteiger partial charge in [0.05, 0.1) is 13.2 Å². The van der Waals surface area contributed by atoms with Gasteiger partial charge >= 0.3 is 0 Å². The van der Waals surface area contributed by atoms with Crippen LogP contribution in [0.3, 0.4) is 0 Å². The molecule has 0 fully saturated rings. The second-order valence-corrected chi connectivity index (χ2v) is 6.44. The monoisotopic (exact) mass is 359 g/mol. The Morgan fingerprint density at radius 2 is 1.26 bits per heavy atom. The van der Waals surface area contributed by atoms with E-state index in [1.54, 1.807) is 6.08 Å². The lowest BCUT2D eigenvalue weighted by molar-refractivity contribution is 0.124. The van der Waals surface area contributed by atoms with Crippen molar-refractivity contribution in [3.05, 3.63) is 120 Å². The van der Waals surface area contributed by atoms with Crippen molar-refractivity contribution in [2.24, 2.45) is 0 Å². The van der Waals surface area contributed by atoms with Crippen LogP contribution < -0.4 is 0 Å². The number of rotatable bonds is 8. The molecule has 0 radical (unpaired) electrons. The Kier molecular flexibility index (Phi) is 6.66. The Balaban J connectivity index is 1.98. The smallest absolute Gasteiger partial charge is 0.274 e. The molecule has 0 aromatic heterocycles. The molecule has 1 N–H and O–H groups in total. The van der Waals surface area contributed by atoms with Gasteiger partial charge < -0.3 is 9.84 Å². The first kappa shape index (κ1) is 18.7. The second kappa shape index (κ2) is 9.60. The molecule has 0 heterocycles. The summed E-state index contributed by atoms with van der Waals surface area (Å²) in [6, 6.07) is 30.8. The number of aliphatic hydroxyl groups excluding tert-OH is 1. The maximum absolute atomic E-state index is 10.1. The van der Waals surface area contributed by atoms with Crippen molar-refractivity contribution in [3.8, 4) is 0 Å². The van der Waals surface area contributed by atoms with E-state index < -0.39 is 0 Å². The van der Waals surface area contributed by atoms with E-state index in [1.165, 1.54) is 18.2 Å². The minimum absolute atomic E-state index is 0.0741. The van der Waals surface area contributed by atoms with Gasteiger partial charge in [0.25, 0.3) is 5.95 Å². The van der Waals surface area contributed by atoms with Crippen molar-refractivity contribution in [2.75, 3.05) is 7.11 Å². The van der Waals surface area contributed by atoms with Gasteiger partial charge in [-0.2, -0.15) is 0 Å². The third-order valence-corrected chi connectivity index (χ3v) is 4.50. The minimum Gasteiger partial charge on any atom is -0.481 e. The molecule has 3 rings (SSSR count). The van der Waals surface area contributed by atoms with Gasteiger partial charge in [0.1, 0.15) is 0 Å². The lowest BCUT2D eigenvalue weighted by Crippen LogP contribution is -2.27. The number of ether oxygens (including phenoxy) is 1. The van der Waals surface area contributed by atoms with Crippen molar-refractivity contribution in [2.45, 2.75) is 19.1 Å². The zero-order chi connectivity index (χ0) is 18.9. The molecule has 27 heavy (non-hydrogen) atoms. The Morgan fingerprint density at radius 1 is 0.815 bits per heavy atom. The van der Waals surface area contributed by atoms with Gasteiger partial charge in [-0.25, -0.2) is 0 Å². The van der Waals surface area contributed by atoms with Crippen molar-refractivity contribution in [1.82, 2.24) is 4.90 Å². The lowest BCUT2D eigenvalue weighted by Gasteiger charge is -2.30. The topological polar surface area (TPSA) is 32.7 Å². The standard InChI is InChI=1S/C24H25NO2/c1-27-24(26)17-23(22-15-9-4-10-16-22)25(18-20-11-5-2-6-12-20)19-21-13-7-3-8-14-21/h2-17,23,26H,18-19H2,1H3/b24-17-. The number of hydrogen-bond donors (Lipinski definition) is 1. The maximum atomic E-state index is 10.1. The van der Waals surface area contributed by atoms with Gasteiger partial charge in [-0.05, 0) is 16.7 Å². The molecule has 1 atom stereocenters. The van der Waals surface area contributed by atoms with Crippen LogP contribution in [0.15, 0.2) is 103 Å². The summed E-state index contributed by atoms with van der Waals surface area (Å²) in [5.41, 5.74) is 3.55. The molecule has 0 aliphatic carbocycles. The molecule has 0 saturated heterocycles. The van der Waals surface area contributed by atoms with Gasteiger partial charge in [0.2, 0.25) is 0 Å². The molecule has 138 valence electrons. The van der Waals surface area contributed by atoms with Gasteiger partial charge in [0.15, 0.2) is 0 Å². The van der Waals surface area contributed by atoms with Crippen LogP contribution in [-0.2, 0) is 17.8 Å². The highest BCUT2D eigenvalue weighted by molar-refractivity contribution is 5.25. The fraction of sp³-hybridized carbons (Fsp3) is 0.167. The van der Waals surface area contributed by atoms with Crippen LogP contribution in [0.25, 0.3) is 0 Å². The fourth-order valence-electron chi connectivity index (χ4n) is 3.15. The fourth-order valence-corrected chi connectivity index (χ4v) is 3.15. The van der Waals surface area contributed by atoms with Crippen molar-refractivity contribution >= 4 is 0 Å². The molecule has 0 spiro atoms. The SMILES string of the molecule is CO/C(O)=C\C(c1ccccc1)N(Cc1ccccc1)Cc1ccccc1. The Morgan fingerprint density at radius 3 is 1.70 bits per heavy atom. The average Bonchev–Trinajstić information content (AvgIpc) is 2.73. The molecular weight excluding hydrogens is 334 g/mol. The van der Waals surface area contributed by atoms with Gasteiger partial charge in [-0.3, -0.25) is 4.90 Å². The van der Waals surface area contributed by atoms with Gasteiger partial charge in [0, 0.05) is 19.2 Å². The van der Waals surface area contributed by atoms with Crippen molar-refractivity contribution in [3.63, 3.8) is 0 Å². The molecule has 1 unspecified atom stereocenters. The summed E-state index contributed by atoms with van der Waals surface area (Å²) < 4.78 is 5.04. The van der Waals surface area contributed by atoms with Gasteiger partial charge in [-0.1, -0.05) is 91.0 Å². The number of nitrogens with zero attached hydrogens (tertiary/aromatic N) is 1. The highest BCUT2D eigenvalue weighted by atomic mass is 16.6. The van der Waals surface area contributed by atoms with Crippen LogP contribution >= 0.6 is 0 Å². The van der Waals surface area contributed by atoms with E-state index in [-0.39, 0.29) is 12.0 Å². The number of benzene rings is 3. The number of methoxy groups -OCH3 is 1.